The van der Waals surface area contributed by atoms with Crippen LogP contribution in [0.3, 0.4) is 0 Å². The third-order valence-corrected chi connectivity index (χ3v) is 3.44. The van der Waals surface area contributed by atoms with Crippen LogP contribution in [0.1, 0.15) is 25.7 Å². The van der Waals surface area contributed by atoms with Crippen LogP contribution in [0.4, 0.5) is 5.95 Å². The van der Waals surface area contributed by atoms with Gasteiger partial charge >= 0.3 is 0 Å². The van der Waals surface area contributed by atoms with Gasteiger partial charge in [0.2, 0.25) is 5.95 Å². The largest absolute Gasteiger partial charge is 0.355 e. The monoisotopic (exact) mass is 241 g/mol. The van der Waals surface area contributed by atoms with Gasteiger partial charge in [0, 0.05) is 24.6 Å². The number of nitrogens with zero attached hydrogens (tertiary/aromatic N) is 2. The fraction of sp³-hybridized carbons (Fsp3) is 0.400. The minimum absolute atomic E-state index is 0.942. The number of anilines is 1. The first-order valence-electron chi connectivity index (χ1n) is 6.76. The van der Waals surface area contributed by atoms with Crippen molar-refractivity contribution in [2.24, 2.45) is 5.92 Å². The van der Waals surface area contributed by atoms with Gasteiger partial charge in [0.05, 0.1) is 0 Å². The molecule has 1 fully saturated rings. The van der Waals surface area contributed by atoms with Crippen LogP contribution in [-0.2, 0) is 0 Å². The summed E-state index contributed by atoms with van der Waals surface area (Å²) in [6, 6.07) is 10.3. The quantitative estimate of drug-likeness (QED) is 0.785. The number of benzene rings is 1. The zero-order valence-electron chi connectivity index (χ0n) is 10.5. The first-order chi connectivity index (χ1) is 8.93. The summed E-state index contributed by atoms with van der Waals surface area (Å²) in [6.07, 6.45) is 9.33. The smallest absolute Gasteiger partial charge is 0.207 e. The Bertz CT molecular complexity index is 485. The van der Waals surface area contributed by atoms with Crippen molar-refractivity contribution in [1.82, 2.24) is 9.55 Å². The lowest BCUT2D eigenvalue weighted by atomic mass is 10.2. The molecule has 0 aliphatic heterocycles. The highest BCUT2D eigenvalue weighted by Gasteiger charge is 2.20. The number of para-hydroxylation sites is 1. The van der Waals surface area contributed by atoms with Crippen molar-refractivity contribution in [1.29, 1.82) is 0 Å². The summed E-state index contributed by atoms with van der Waals surface area (Å²) in [6.45, 7) is 1.01. The second kappa shape index (κ2) is 5.25. The molecule has 3 heteroatoms. The molecule has 18 heavy (non-hydrogen) atoms. The summed E-state index contributed by atoms with van der Waals surface area (Å²) in [5, 5.41) is 3.43. The van der Waals surface area contributed by atoms with E-state index in [4.69, 9.17) is 0 Å². The summed E-state index contributed by atoms with van der Waals surface area (Å²) in [7, 11) is 0. The van der Waals surface area contributed by atoms with E-state index < -0.39 is 0 Å². The lowest BCUT2D eigenvalue weighted by Crippen LogP contribution is -2.07. The number of aromatic nitrogens is 2. The molecular weight excluding hydrogens is 222 g/mol. The van der Waals surface area contributed by atoms with E-state index >= 15 is 0 Å². The van der Waals surface area contributed by atoms with Crippen LogP contribution in [0.25, 0.3) is 5.69 Å². The van der Waals surface area contributed by atoms with Crippen LogP contribution in [0, 0.1) is 5.92 Å². The van der Waals surface area contributed by atoms with Crippen LogP contribution in [-0.4, -0.2) is 16.1 Å². The highest BCUT2D eigenvalue weighted by molar-refractivity contribution is 5.41. The molecule has 1 aliphatic carbocycles. The Kier molecular flexibility index (Phi) is 3.31. The van der Waals surface area contributed by atoms with Crippen LogP contribution < -0.4 is 5.32 Å². The minimum atomic E-state index is 0.942. The Balaban J connectivity index is 1.60. The van der Waals surface area contributed by atoms with Crippen LogP contribution >= 0.6 is 0 Å². The lowest BCUT2D eigenvalue weighted by Gasteiger charge is -2.09. The molecule has 1 heterocycles. The molecule has 0 amide bonds. The van der Waals surface area contributed by atoms with Gasteiger partial charge in [-0.25, -0.2) is 4.98 Å². The number of hydrogen-bond acceptors (Lipinski definition) is 2. The van der Waals surface area contributed by atoms with E-state index in [1.807, 2.05) is 30.6 Å². The maximum Gasteiger partial charge on any atom is 0.207 e. The van der Waals surface area contributed by atoms with Gasteiger partial charge in [0.15, 0.2) is 0 Å². The summed E-state index contributed by atoms with van der Waals surface area (Å²) in [4.78, 5) is 4.38. The Morgan fingerprint density at radius 3 is 2.83 bits per heavy atom. The third kappa shape index (κ3) is 2.73. The molecule has 0 unspecified atom stereocenters. The Morgan fingerprint density at radius 1 is 1.22 bits per heavy atom. The molecule has 94 valence electrons. The molecule has 0 spiro atoms. The second-order valence-corrected chi connectivity index (χ2v) is 4.97. The highest BCUT2D eigenvalue weighted by Crippen LogP contribution is 2.33. The molecule has 0 bridgehead atoms. The summed E-state index contributed by atoms with van der Waals surface area (Å²) >= 11 is 0. The number of hydrogen-bond donors (Lipinski definition) is 1. The van der Waals surface area contributed by atoms with Crippen LogP contribution in [0.5, 0.6) is 0 Å². The normalized spacial score (nSPS) is 14.7. The first-order valence-corrected chi connectivity index (χ1v) is 6.76. The fourth-order valence-corrected chi connectivity index (χ4v) is 2.23. The Labute approximate surface area is 108 Å². The SMILES string of the molecule is c1ccc(-n2ccnc2NCCCC2CC2)cc1. The summed E-state index contributed by atoms with van der Waals surface area (Å²) < 4.78 is 2.09. The summed E-state index contributed by atoms with van der Waals surface area (Å²) in [5.74, 6) is 1.96. The van der Waals surface area contributed by atoms with Gasteiger partial charge in [-0.1, -0.05) is 31.0 Å². The predicted octanol–water partition coefficient (Wildman–Crippen LogP) is 3.47. The molecule has 1 saturated carbocycles. The molecule has 3 nitrogen and oxygen atoms in total. The number of imidazole rings is 1. The van der Waals surface area contributed by atoms with Crippen LogP contribution in [0.15, 0.2) is 42.7 Å². The van der Waals surface area contributed by atoms with Gasteiger partial charge in [-0.05, 0) is 30.9 Å². The number of rotatable bonds is 6. The lowest BCUT2D eigenvalue weighted by molar-refractivity contribution is 0.685. The van der Waals surface area contributed by atoms with Gasteiger partial charge in [-0.15, -0.1) is 0 Å². The number of nitrogens with one attached hydrogen (secondary N) is 1. The molecule has 1 aromatic carbocycles. The molecule has 1 aromatic heterocycles. The predicted molar refractivity (Wildman–Crippen MR) is 74.0 cm³/mol. The molecule has 0 saturated heterocycles. The topological polar surface area (TPSA) is 29.9 Å². The Morgan fingerprint density at radius 2 is 2.06 bits per heavy atom. The zero-order valence-corrected chi connectivity index (χ0v) is 10.5. The van der Waals surface area contributed by atoms with Gasteiger partial charge < -0.3 is 5.32 Å². The molecule has 1 N–H and O–H groups in total. The van der Waals surface area contributed by atoms with Crippen molar-refractivity contribution < 1.29 is 0 Å². The van der Waals surface area contributed by atoms with Gasteiger partial charge in [0.25, 0.3) is 0 Å². The third-order valence-electron chi connectivity index (χ3n) is 3.44. The fourth-order valence-electron chi connectivity index (χ4n) is 2.23. The first kappa shape index (κ1) is 11.3. The molecule has 2 aromatic rings. The average molecular weight is 241 g/mol. The average Bonchev–Trinajstić information content (AvgIpc) is 3.12. The van der Waals surface area contributed by atoms with Gasteiger partial charge in [-0.3, -0.25) is 4.57 Å². The van der Waals surface area contributed by atoms with Crippen molar-refractivity contribution in [2.75, 3.05) is 11.9 Å². The molecule has 1 aliphatic rings. The molecule has 0 atom stereocenters. The highest BCUT2D eigenvalue weighted by atomic mass is 15.2. The van der Waals surface area contributed by atoms with E-state index in [0.717, 1.165) is 24.1 Å². The van der Waals surface area contributed by atoms with E-state index in [1.165, 1.54) is 25.7 Å². The van der Waals surface area contributed by atoms with Gasteiger partial charge in [-0.2, -0.15) is 0 Å². The van der Waals surface area contributed by atoms with E-state index in [9.17, 15) is 0 Å². The molecule has 3 rings (SSSR count). The van der Waals surface area contributed by atoms with Crippen LogP contribution in [0.2, 0.25) is 0 Å². The molecule has 0 radical (unpaired) electrons. The van der Waals surface area contributed by atoms with Crippen molar-refractivity contribution >= 4 is 5.95 Å². The van der Waals surface area contributed by atoms with E-state index in [0.29, 0.717) is 0 Å². The maximum atomic E-state index is 4.38. The summed E-state index contributed by atoms with van der Waals surface area (Å²) in [5.41, 5.74) is 1.15. The van der Waals surface area contributed by atoms with E-state index in [-0.39, 0.29) is 0 Å². The van der Waals surface area contributed by atoms with E-state index in [2.05, 4.69) is 27.0 Å². The standard InChI is InChI=1S/C15H19N3/c1-2-6-14(7-3-1)18-12-11-17-15(18)16-10-4-5-13-8-9-13/h1-3,6-7,11-13H,4-5,8-10H2,(H,16,17). The minimum Gasteiger partial charge on any atom is -0.355 e. The van der Waals surface area contributed by atoms with Crippen molar-refractivity contribution in [2.45, 2.75) is 25.7 Å². The van der Waals surface area contributed by atoms with Gasteiger partial charge in [0.1, 0.15) is 0 Å². The maximum absolute atomic E-state index is 4.38. The van der Waals surface area contributed by atoms with Crippen molar-refractivity contribution in [3.8, 4) is 5.69 Å². The van der Waals surface area contributed by atoms with Crippen molar-refractivity contribution in [3.63, 3.8) is 0 Å². The van der Waals surface area contributed by atoms with Crippen molar-refractivity contribution in [3.05, 3.63) is 42.7 Å². The zero-order chi connectivity index (χ0) is 12.2. The van der Waals surface area contributed by atoms with E-state index in [1.54, 1.807) is 0 Å². The molecular formula is C15H19N3. The Hall–Kier alpha value is -1.77. The second-order valence-electron chi connectivity index (χ2n) is 4.97.